The summed E-state index contributed by atoms with van der Waals surface area (Å²) in [5.74, 6) is 2.66. The van der Waals surface area contributed by atoms with Crippen LogP contribution in [0.4, 0.5) is 0 Å². The summed E-state index contributed by atoms with van der Waals surface area (Å²) >= 11 is 2.01. The number of ether oxygens (including phenoxy) is 1. The Hall–Kier alpha value is -4.73. The van der Waals surface area contributed by atoms with Gasteiger partial charge in [0, 0.05) is 51.2 Å². The van der Waals surface area contributed by atoms with Crippen LogP contribution in [0.1, 0.15) is 86.9 Å². The molecule has 0 saturated heterocycles. The molecule has 0 amide bonds. The van der Waals surface area contributed by atoms with Gasteiger partial charge in [-0.3, -0.25) is 4.79 Å². The van der Waals surface area contributed by atoms with Crippen molar-refractivity contribution < 1.29 is 9.53 Å². The highest BCUT2D eigenvalue weighted by molar-refractivity contribution is 7.10. The van der Waals surface area contributed by atoms with Crippen LogP contribution in [0.15, 0.2) is 98.5 Å². The molecule has 14 aliphatic carbocycles. The quantitative estimate of drug-likeness (QED) is 0.135. The van der Waals surface area contributed by atoms with Gasteiger partial charge in [0.2, 0.25) is 0 Å². The minimum absolute atomic E-state index is 0.0682. The van der Waals surface area contributed by atoms with Gasteiger partial charge in [-0.25, -0.2) is 0 Å². The van der Waals surface area contributed by atoms with Gasteiger partial charge in [-0.15, -0.1) is 11.3 Å². The number of fused-ring (bicyclic) bond motifs is 3. The zero-order chi connectivity index (χ0) is 33.5. The van der Waals surface area contributed by atoms with E-state index >= 15 is 0 Å². The molecular formula is C50H30O2S. The van der Waals surface area contributed by atoms with E-state index in [9.17, 15) is 4.79 Å². The fraction of sp³-hybridized carbons (Fsp3) is 0.300. The van der Waals surface area contributed by atoms with E-state index in [2.05, 4.69) is 66.1 Å². The van der Waals surface area contributed by atoms with E-state index in [0.29, 0.717) is 41.9 Å². The first kappa shape index (κ1) is 25.3. The molecule has 1 aromatic heterocycles. The molecular weight excluding hydrogens is 665 g/mol. The van der Waals surface area contributed by atoms with Crippen LogP contribution < -0.4 is 0 Å². The maximum atomic E-state index is 13.0. The number of benzene rings is 3. The van der Waals surface area contributed by atoms with Crippen molar-refractivity contribution in [2.24, 2.45) is 34.5 Å². The van der Waals surface area contributed by atoms with Gasteiger partial charge in [0.25, 0.3) is 0 Å². The van der Waals surface area contributed by atoms with Crippen molar-refractivity contribution in [3.05, 3.63) is 148 Å². The normalized spacial score (nSPS) is 39.2. The van der Waals surface area contributed by atoms with Crippen LogP contribution >= 0.6 is 11.3 Å². The number of carbonyl (C=O) groups is 1. The third kappa shape index (κ3) is 1.84. The van der Waals surface area contributed by atoms with E-state index in [1.54, 1.807) is 123 Å². The molecule has 3 heteroatoms. The highest BCUT2D eigenvalue weighted by atomic mass is 32.1. The molecule has 2 nitrogen and oxygen atoms in total. The highest BCUT2D eigenvalue weighted by Crippen LogP contribution is 3.04. The molecule has 0 aliphatic heterocycles. The molecule has 4 saturated carbocycles. The largest absolute Gasteiger partial charge is 0.469 e. The minimum Gasteiger partial charge on any atom is -0.469 e. The molecule has 0 N–H and O–H groups in total. The first-order valence-corrected chi connectivity index (χ1v) is 21.1. The number of thiophene rings is 1. The van der Waals surface area contributed by atoms with Gasteiger partial charge in [-0.1, -0.05) is 54.7 Å². The number of esters is 1. The molecule has 3 aromatic carbocycles. The van der Waals surface area contributed by atoms with E-state index in [1.165, 1.54) is 11.1 Å². The third-order valence-corrected chi connectivity index (χ3v) is 19.2. The van der Waals surface area contributed by atoms with Gasteiger partial charge in [0.05, 0.1) is 7.11 Å². The van der Waals surface area contributed by atoms with Crippen LogP contribution in [0.25, 0.3) is 44.8 Å². The van der Waals surface area contributed by atoms with E-state index in [0.717, 1.165) is 25.7 Å². The number of methoxy groups -OCH3 is 1. The fourth-order valence-corrected chi connectivity index (χ4v) is 18.8. The van der Waals surface area contributed by atoms with Crippen LogP contribution in [0, 0.1) is 34.5 Å². The fourth-order valence-electron chi connectivity index (χ4n) is 17.7. The molecule has 2 spiro atoms. The monoisotopic (exact) mass is 694 g/mol. The molecule has 9 atom stereocenters. The van der Waals surface area contributed by atoms with Gasteiger partial charge >= 0.3 is 5.97 Å². The molecule has 4 fully saturated rings. The van der Waals surface area contributed by atoms with Crippen LogP contribution in [0.2, 0.25) is 0 Å². The van der Waals surface area contributed by atoms with E-state index in [-0.39, 0.29) is 22.2 Å². The van der Waals surface area contributed by atoms with E-state index in [1.807, 2.05) is 11.3 Å². The van der Waals surface area contributed by atoms with Gasteiger partial charge in [-0.2, -0.15) is 0 Å². The summed E-state index contributed by atoms with van der Waals surface area (Å²) in [5.41, 5.74) is 29.9. The lowest BCUT2D eigenvalue weighted by molar-refractivity contribution is -0.140. The summed E-state index contributed by atoms with van der Waals surface area (Å²) in [6, 6.07) is 10.1. The van der Waals surface area contributed by atoms with Crippen molar-refractivity contribution in [1.82, 2.24) is 0 Å². The second-order valence-corrected chi connectivity index (χ2v) is 19.8. The Morgan fingerprint density at radius 3 is 2.47 bits per heavy atom. The first-order chi connectivity index (χ1) is 26.2. The van der Waals surface area contributed by atoms with Crippen molar-refractivity contribution in [2.75, 3.05) is 7.11 Å². The van der Waals surface area contributed by atoms with Gasteiger partial charge in [0.15, 0.2) is 0 Å². The molecule has 9 unspecified atom stereocenters. The van der Waals surface area contributed by atoms with E-state index < -0.39 is 0 Å². The van der Waals surface area contributed by atoms with Gasteiger partial charge in [-0.05, 0) is 171 Å². The lowest BCUT2D eigenvalue weighted by atomic mass is 9.61. The maximum absolute atomic E-state index is 13.0. The maximum Gasteiger partial charge on any atom is 0.305 e. The molecule has 14 aliphatic rings. The Morgan fingerprint density at radius 2 is 1.68 bits per heavy atom. The topological polar surface area (TPSA) is 26.3 Å². The number of hydrogen-bond acceptors (Lipinski definition) is 3. The lowest BCUT2D eigenvalue weighted by Gasteiger charge is -2.40. The van der Waals surface area contributed by atoms with Crippen molar-refractivity contribution in [2.45, 2.75) is 49.4 Å². The number of rotatable bonds is 5. The Morgan fingerprint density at radius 1 is 0.887 bits per heavy atom. The molecule has 4 aromatic rings. The molecule has 53 heavy (non-hydrogen) atoms. The third-order valence-electron chi connectivity index (χ3n) is 18.2. The van der Waals surface area contributed by atoms with Crippen molar-refractivity contribution in [3.8, 4) is 0 Å². The smallest absolute Gasteiger partial charge is 0.305 e. The Balaban J connectivity index is 1.15. The molecule has 248 valence electrons. The number of carbonyl (C=O) groups excluding carboxylic acids is 1. The molecule has 0 bridgehead atoms. The second kappa shape index (κ2) is 6.88. The Labute approximate surface area is 309 Å². The first-order valence-electron chi connectivity index (χ1n) is 20.2. The highest BCUT2D eigenvalue weighted by Gasteiger charge is 2.98. The molecule has 1 heterocycles. The summed E-state index contributed by atoms with van der Waals surface area (Å²) in [5, 5.41) is 8.90. The summed E-state index contributed by atoms with van der Waals surface area (Å²) in [4.78, 5) is 14.5. The summed E-state index contributed by atoms with van der Waals surface area (Å²) in [6.07, 6.45) is 20.6. The average Bonchev–Trinajstić information content (AvgIpc) is 3.97. The van der Waals surface area contributed by atoms with Crippen molar-refractivity contribution in [3.63, 3.8) is 0 Å². The zero-order valence-electron chi connectivity index (χ0n) is 29.1. The Kier molecular flexibility index (Phi) is 3.29. The van der Waals surface area contributed by atoms with Crippen LogP contribution in [-0.4, -0.2) is 13.1 Å². The summed E-state index contributed by atoms with van der Waals surface area (Å²) < 4.78 is 5.33. The number of allylic oxidation sites excluding steroid dienone is 14. The zero-order valence-corrected chi connectivity index (χ0v) is 29.9. The average molecular weight is 695 g/mol. The summed E-state index contributed by atoms with van der Waals surface area (Å²) in [6.45, 7) is 0. The van der Waals surface area contributed by atoms with Gasteiger partial charge < -0.3 is 4.74 Å². The minimum atomic E-state index is -0.126. The SMILES string of the molecule is COC(=O)CCCC1(c2cccs2)C23C4=C5C6=C7C8C=C6C6C=Cc9cc%10c%11c(c4c4c%12c%13c(cc(c%12%11)C%10)C=CC%10C%11CC=C8C(=C%11C(=C42)C%13%10)C731)c9C56. The van der Waals surface area contributed by atoms with Gasteiger partial charge in [0.1, 0.15) is 0 Å². The Bertz CT molecular complexity index is 3180. The predicted molar refractivity (Wildman–Crippen MR) is 207 cm³/mol. The van der Waals surface area contributed by atoms with Crippen molar-refractivity contribution >= 4 is 62.1 Å². The lowest BCUT2D eigenvalue weighted by Crippen LogP contribution is -2.28. The number of hydrogen-bond donors (Lipinski definition) is 0. The molecule has 0 radical (unpaired) electrons. The van der Waals surface area contributed by atoms with Crippen LogP contribution in [0.5, 0.6) is 0 Å². The second-order valence-electron chi connectivity index (χ2n) is 18.8. The summed E-state index contributed by atoms with van der Waals surface area (Å²) in [7, 11) is 1.56. The predicted octanol–water partition coefficient (Wildman–Crippen LogP) is 10.4. The van der Waals surface area contributed by atoms with Crippen LogP contribution in [-0.2, 0) is 21.4 Å². The van der Waals surface area contributed by atoms with E-state index in [4.69, 9.17) is 4.74 Å². The van der Waals surface area contributed by atoms with Crippen molar-refractivity contribution in [1.29, 1.82) is 0 Å². The van der Waals surface area contributed by atoms with Crippen LogP contribution in [0.3, 0.4) is 0 Å². The molecule has 18 rings (SSSR count). The standard InChI is InChI=1S/C50H30O2S/c1-52-29(51)5-2-12-48(28-4-3-13-53-28)49-44-25-11-10-23-22-8-6-18-14-20-16-21-15-19-7-9-24-26-17-27(25)45(49)37(26)41-35(24)31(19)39-33(21)32(20)38-30(18)34(22)40(36(23)44)46-42(38)43(39)47(41)50(46,48)49/h3-4,6-9,11,13-15,17,22-24,27,34-35H,2,5,10,12,16H2,1H3.